The van der Waals surface area contributed by atoms with Crippen LogP contribution >= 0.6 is 0 Å². The number of nitrogens with two attached hydrogens (primary N) is 1. The van der Waals surface area contributed by atoms with Gasteiger partial charge < -0.3 is 20.3 Å². The number of hydrogen-bond donors (Lipinski definition) is 2. The fraction of sp³-hybridized carbons (Fsp3) is 0.312. The second-order valence-electron chi connectivity index (χ2n) is 4.71. The molecule has 2 aromatic rings. The van der Waals surface area contributed by atoms with Crippen LogP contribution in [0.5, 0.6) is 11.5 Å². The summed E-state index contributed by atoms with van der Waals surface area (Å²) in [5.41, 5.74) is 7.36. The number of aryl methyl sites for hydroxylation is 1. The lowest BCUT2D eigenvalue weighted by atomic mass is 10.2. The van der Waals surface area contributed by atoms with Crippen LogP contribution in [0.1, 0.15) is 11.3 Å². The molecule has 1 unspecified atom stereocenters. The molecular formula is C16H20N2O3. The first-order valence-electron chi connectivity index (χ1n) is 6.83. The first kappa shape index (κ1) is 15.3. The van der Waals surface area contributed by atoms with Crippen LogP contribution in [0.2, 0.25) is 0 Å². The number of hydrogen-bond acceptors (Lipinski definition) is 5. The van der Waals surface area contributed by atoms with Crippen LogP contribution < -0.4 is 15.2 Å². The summed E-state index contributed by atoms with van der Waals surface area (Å²) >= 11 is 0. The monoisotopic (exact) mass is 288 g/mol. The predicted octanol–water partition coefficient (Wildman–Crippen LogP) is 1.67. The Hall–Kier alpha value is -2.11. The second-order valence-corrected chi connectivity index (χ2v) is 4.71. The van der Waals surface area contributed by atoms with E-state index in [2.05, 4.69) is 4.98 Å². The van der Waals surface area contributed by atoms with Crippen molar-refractivity contribution in [3.63, 3.8) is 0 Å². The molecule has 5 nitrogen and oxygen atoms in total. The van der Waals surface area contributed by atoms with Gasteiger partial charge in [-0.3, -0.25) is 4.98 Å². The first-order valence-corrected chi connectivity index (χ1v) is 6.83. The Morgan fingerprint density at radius 3 is 2.52 bits per heavy atom. The van der Waals surface area contributed by atoms with E-state index in [4.69, 9.17) is 15.2 Å². The molecule has 1 atom stereocenters. The van der Waals surface area contributed by atoms with Gasteiger partial charge in [-0.2, -0.15) is 0 Å². The average Bonchev–Trinajstić information content (AvgIpc) is 2.52. The molecule has 1 aromatic heterocycles. The summed E-state index contributed by atoms with van der Waals surface area (Å²) in [5, 5.41) is 9.87. The van der Waals surface area contributed by atoms with E-state index in [0.717, 1.165) is 11.3 Å². The summed E-state index contributed by atoms with van der Waals surface area (Å²) < 4.78 is 11.0. The largest absolute Gasteiger partial charge is 0.491 e. The minimum atomic E-state index is -0.709. The van der Waals surface area contributed by atoms with Gasteiger partial charge in [-0.25, -0.2) is 0 Å². The Kier molecular flexibility index (Phi) is 5.54. The number of nitrogens with zero attached hydrogens (tertiary/aromatic N) is 1. The number of benzene rings is 1. The van der Waals surface area contributed by atoms with E-state index in [1.807, 2.05) is 37.3 Å². The zero-order valence-corrected chi connectivity index (χ0v) is 12.0. The molecule has 2 rings (SSSR count). The second kappa shape index (κ2) is 7.61. The van der Waals surface area contributed by atoms with E-state index in [9.17, 15) is 5.11 Å². The van der Waals surface area contributed by atoms with Crippen LogP contribution in [0.3, 0.4) is 0 Å². The van der Waals surface area contributed by atoms with E-state index in [-0.39, 0.29) is 13.2 Å². The van der Waals surface area contributed by atoms with Gasteiger partial charge in [0.25, 0.3) is 0 Å². The predicted molar refractivity (Wildman–Crippen MR) is 80.3 cm³/mol. The number of ether oxygens (including phenoxy) is 2. The average molecular weight is 288 g/mol. The quantitative estimate of drug-likeness (QED) is 0.810. The lowest BCUT2D eigenvalue weighted by molar-refractivity contribution is 0.0622. The first-order chi connectivity index (χ1) is 10.2. The molecule has 0 saturated carbocycles. The van der Waals surface area contributed by atoms with Gasteiger partial charge in [0.2, 0.25) is 0 Å². The molecule has 0 amide bonds. The van der Waals surface area contributed by atoms with Crippen molar-refractivity contribution in [2.24, 2.45) is 5.73 Å². The Bertz CT molecular complexity index is 558. The fourth-order valence-corrected chi connectivity index (χ4v) is 1.77. The van der Waals surface area contributed by atoms with E-state index in [1.54, 1.807) is 12.3 Å². The highest BCUT2D eigenvalue weighted by Crippen LogP contribution is 2.15. The van der Waals surface area contributed by atoms with Crippen molar-refractivity contribution in [1.29, 1.82) is 0 Å². The van der Waals surface area contributed by atoms with Crippen molar-refractivity contribution in [2.75, 3.05) is 13.2 Å². The minimum Gasteiger partial charge on any atom is -0.491 e. The van der Waals surface area contributed by atoms with Gasteiger partial charge in [0.05, 0.1) is 5.69 Å². The van der Waals surface area contributed by atoms with Crippen LogP contribution in [0.15, 0.2) is 42.6 Å². The molecule has 5 heteroatoms. The van der Waals surface area contributed by atoms with Gasteiger partial charge >= 0.3 is 0 Å². The van der Waals surface area contributed by atoms with Gasteiger partial charge in [-0.15, -0.1) is 0 Å². The molecule has 112 valence electrons. The topological polar surface area (TPSA) is 77.6 Å². The van der Waals surface area contributed by atoms with E-state index < -0.39 is 6.10 Å². The zero-order chi connectivity index (χ0) is 15.1. The van der Waals surface area contributed by atoms with Gasteiger partial charge in [-0.05, 0) is 36.8 Å². The van der Waals surface area contributed by atoms with Crippen molar-refractivity contribution in [2.45, 2.75) is 19.6 Å². The van der Waals surface area contributed by atoms with Crippen molar-refractivity contribution < 1.29 is 14.6 Å². The number of pyridine rings is 1. The molecule has 0 aliphatic carbocycles. The Labute approximate surface area is 124 Å². The van der Waals surface area contributed by atoms with Gasteiger partial charge in [0, 0.05) is 12.7 Å². The number of aliphatic hydroxyl groups excluding tert-OH is 1. The normalized spacial score (nSPS) is 12.0. The molecule has 1 aromatic carbocycles. The lowest BCUT2D eigenvalue weighted by Gasteiger charge is -2.14. The van der Waals surface area contributed by atoms with Crippen molar-refractivity contribution in [3.05, 3.63) is 53.9 Å². The number of rotatable bonds is 7. The van der Waals surface area contributed by atoms with Crippen LogP contribution in [0.4, 0.5) is 0 Å². The van der Waals surface area contributed by atoms with Crippen molar-refractivity contribution in [1.82, 2.24) is 4.98 Å². The molecule has 0 aliphatic heterocycles. The van der Waals surface area contributed by atoms with Gasteiger partial charge in [0.1, 0.15) is 30.8 Å². The summed E-state index contributed by atoms with van der Waals surface area (Å²) in [6.45, 7) is 2.69. The fourth-order valence-electron chi connectivity index (χ4n) is 1.77. The summed E-state index contributed by atoms with van der Waals surface area (Å²) in [6, 6.07) is 11.1. The summed E-state index contributed by atoms with van der Waals surface area (Å²) in [5.74, 6) is 1.37. The molecule has 0 saturated heterocycles. The van der Waals surface area contributed by atoms with Crippen LogP contribution in [0.25, 0.3) is 0 Å². The molecule has 0 aliphatic rings. The van der Waals surface area contributed by atoms with Crippen molar-refractivity contribution in [3.8, 4) is 11.5 Å². The Balaban J connectivity index is 1.76. The molecule has 0 fully saturated rings. The lowest BCUT2D eigenvalue weighted by Crippen LogP contribution is -2.25. The van der Waals surface area contributed by atoms with E-state index in [0.29, 0.717) is 18.0 Å². The third kappa shape index (κ3) is 4.73. The number of aromatic nitrogens is 1. The zero-order valence-electron chi connectivity index (χ0n) is 12.0. The van der Waals surface area contributed by atoms with Gasteiger partial charge in [-0.1, -0.05) is 12.1 Å². The third-order valence-electron chi connectivity index (χ3n) is 2.99. The van der Waals surface area contributed by atoms with Crippen LogP contribution in [0, 0.1) is 6.92 Å². The smallest absolute Gasteiger partial charge is 0.140 e. The van der Waals surface area contributed by atoms with Gasteiger partial charge in [0.15, 0.2) is 0 Å². The molecular weight excluding hydrogens is 268 g/mol. The maximum absolute atomic E-state index is 9.87. The number of aliphatic hydroxyl groups is 1. The van der Waals surface area contributed by atoms with E-state index >= 15 is 0 Å². The Morgan fingerprint density at radius 2 is 1.86 bits per heavy atom. The highest BCUT2D eigenvalue weighted by molar-refractivity contribution is 5.27. The summed E-state index contributed by atoms with van der Waals surface area (Å²) in [4.78, 5) is 4.12. The summed E-state index contributed by atoms with van der Waals surface area (Å²) in [7, 11) is 0. The molecule has 0 spiro atoms. The molecule has 3 N–H and O–H groups in total. The summed E-state index contributed by atoms with van der Waals surface area (Å²) in [6.07, 6.45) is 0.992. The SMILES string of the molecule is Cc1ncccc1OCC(O)COc1ccc(CN)cc1. The maximum Gasteiger partial charge on any atom is 0.140 e. The minimum absolute atomic E-state index is 0.160. The van der Waals surface area contributed by atoms with E-state index in [1.165, 1.54) is 0 Å². The van der Waals surface area contributed by atoms with Crippen LogP contribution in [-0.2, 0) is 6.54 Å². The molecule has 1 heterocycles. The van der Waals surface area contributed by atoms with Crippen molar-refractivity contribution >= 4 is 0 Å². The standard InChI is InChI=1S/C16H20N2O3/c1-12-16(3-2-8-18-12)21-11-14(19)10-20-15-6-4-13(9-17)5-7-15/h2-8,14,19H,9-11,17H2,1H3. The molecule has 0 radical (unpaired) electrons. The van der Waals surface area contributed by atoms with Crippen LogP contribution in [-0.4, -0.2) is 29.4 Å². The highest BCUT2D eigenvalue weighted by Gasteiger charge is 2.08. The molecule has 21 heavy (non-hydrogen) atoms. The molecule has 0 bridgehead atoms. The highest BCUT2D eigenvalue weighted by atomic mass is 16.5. The maximum atomic E-state index is 9.87. The Morgan fingerprint density at radius 1 is 1.14 bits per heavy atom. The third-order valence-corrected chi connectivity index (χ3v) is 2.99.